The third-order valence-corrected chi connectivity index (χ3v) is 8.03. The van der Waals surface area contributed by atoms with Crippen LogP contribution in [0.2, 0.25) is 0 Å². The van der Waals surface area contributed by atoms with Crippen molar-refractivity contribution in [2.75, 3.05) is 29.9 Å². The molecule has 1 atom stereocenters. The number of rotatable bonds is 3. The van der Waals surface area contributed by atoms with E-state index in [-0.39, 0.29) is 23.6 Å². The van der Waals surface area contributed by atoms with Gasteiger partial charge in [-0.25, -0.2) is 17.9 Å². The number of carbonyl (C=O) groups excluding carboxylic acids is 1. The molecule has 5 rings (SSSR count). The molecule has 1 fully saturated rings. The summed E-state index contributed by atoms with van der Waals surface area (Å²) in [5.74, 6) is 0.786. The lowest BCUT2D eigenvalue weighted by Crippen LogP contribution is -2.38. The summed E-state index contributed by atoms with van der Waals surface area (Å²) < 4.78 is 25.4. The maximum atomic E-state index is 13.0. The van der Waals surface area contributed by atoms with Crippen molar-refractivity contribution in [2.45, 2.75) is 25.8 Å². The van der Waals surface area contributed by atoms with Gasteiger partial charge in [0.2, 0.25) is 0 Å². The third kappa shape index (κ3) is 4.02. The maximum absolute atomic E-state index is 13.0. The second-order valence-corrected chi connectivity index (χ2v) is 10.8. The molecule has 0 bridgehead atoms. The van der Waals surface area contributed by atoms with Gasteiger partial charge in [0.1, 0.15) is 5.82 Å². The van der Waals surface area contributed by atoms with E-state index < -0.39 is 9.84 Å². The Kier molecular flexibility index (Phi) is 5.25. The quantitative estimate of drug-likeness (QED) is 0.653. The van der Waals surface area contributed by atoms with Crippen molar-refractivity contribution in [1.29, 1.82) is 0 Å². The van der Waals surface area contributed by atoms with Crippen LogP contribution >= 0.6 is 0 Å². The highest BCUT2D eigenvalue weighted by Gasteiger charge is 2.31. The number of carbonyl (C=O) groups is 1. The van der Waals surface area contributed by atoms with Crippen LogP contribution in [0.5, 0.6) is 0 Å². The van der Waals surface area contributed by atoms with Gasteiger partial charge in [-0.1, -0.05) is 48.5 Å². The van der Waals surface area contributed by atoms with Crippen molar-refractivity contribution in [3.05, 3.63) is 65.9 Å². The van der Waals surface area contributed by atoms with Crippen molar-refractivity contribution in [3.63, 3.8) is 0 Å². The van der Waals surface area contributed by atoms with Gasteiger partial charge in [-0.15, -0.1) is 0 Å². The minimum absolute atomic E-state index is 0.0673. The summed E-state index contributed by atoms with van der Waals surface area (Å²) in [6, 6.07) is 16.0. The second kappa shape index (κ2) is 8.09. The molecule has 2 aromatic carbocycles. The van der Waals surface area contributed by atoms with Gasteiger partial charge in [-0.3, -0.25) is 5.32 Å². The van der Waals surface area contributed by atoms with Gasteiger partial charge < -0.3 is 4.90 Å². The number of nitrogens with zero attached hydrogens (tertiary/aromatic N) is 3. The predicted molar refractivity (Wildman–Crippen MR) is 126 cm³/mol. The minimum Gasteiger partial charge on any atom is -0.320 e. The van der Waals surface area contributed by atoms with Crippen LogP contribution in [0, 0.1) is 6.92 Å². The van der Waals surface area contributed by atoms with Gasteiger partial charge >= 0.3 is 6.03 Å². The number of amides is 2. The number of benzene rings is 2. The van der Waals surface area contributed by atoms with E-state index in [0.717, 1.165) is 12.1 Å². The van der Waals surface area contributed by atoms with Gasteiger partial charge in [0.05, 0.1) is 23.2 Å². The van der Waals surface area contributed by atoms with E-state index in [0.29, 0.717) is 25.3 Å². The monoisotopic (exact) mass is 450 g/mol. The zero-order chi connectivity index (χ0) is 22.3. The molecule has 8 heteroatoms. The standard InChI is InChI=1S/C24H26N4O3S/c1-17-15-23(28(26-17)20-11-14-32(30,31)16-20)25-24(29)27-12-9-19(10-13-27)22-8-4-6-18-5-2-3-7-21(18)22/h2-9,15,20H,10-14,16H2,1H3,(H,25,29). The first-order valence-corrected chi connectivity index (χ1v) is 12.7. The Morgan fingerprint density at radius 2 is 1.97 bits per heavy atom. The molecule has 1 N–H and O–H groups in total. The van der Waals surface area contributed by atoms with Crippen LogP contribution in [0.15, 0.2) is 54.6 Å². The first-order valence-electron chi connectivity index (χ1n) is 10.9. The van der Waals surface area contributed by atoms with Gasteiger partial charge in [0.15, 0.2) is 9.84 Å². The van der Waals surface area contributed by atoms with Crippen LogP contribution in [0.3, 0.4) is 0 Å². The van der Waals surface area contributed by atoms with E-state index in [1.165, 1.54) is 21.9 Å². The summed E-state index contributed by atoms with van der Waals surface area (Å²) in [6.07, 6.45) is 3.42. The molecule has 0 saturated carbocycles. The summed E-state index contributed by atoms with van der Waals surface area (Å²) in [7, 11) is -3.04. The molecule has 0 radical (unpaired) electrons. The lowest BCUT2D eigenvalue weighted by atomic mass is 9.94. The third-order valence-electron chi connectivity index (χ3n) is 6.28. The molecule has 2 aliphatic heterocycles. The van der Waals surface area contributed by atoms with E-state index in [2.05, 4.69) is 52.9 Å². The molecule has 1 unspecified atom stereocenters. The number of sulfone groups is 1. The summed E-state index contributed by atoms with van der Waals surface area (Å²) in [5, 5.41) is 9.84. The first kappa shape index (κ1) is 20.8. The van der Waals surface area contributed by atoms with E-state index in [9.17, 15) is 13.2 Å². The molecule has 0 aliphatic carbocycles. The largest absolute Gasteiger partial charge is 0.323 e. The van der Waals surface area contributed by atoms with Crippen molar-refractivity contribution in [3.8, 4) is 0 Å². The Morgan fingerprint density at radius 3 is 2.72 bits per heavy atom. The Balaban J connectivity index is 1.31. The van der Waals surface area contributed by atoms with Crippen molar-refractivity contribution in [2.24, 2.45) is 0 Å². The molecule has 166 valence electrons. The summed E-state index contributed by atoms with van der Waals surface area (Å²) in [4.78, 5) is 14.7. The molecule has 1 aromatic heterocycles. The molecule has 7 nitrogen and oxygen atoms in total. The van der Waals surface area contributed by atoms with E-state index in [4.69, 9.17) is 0 Å². The van der Waals surface area contributed by atoms with Gasteiger partial charge in [0, 0.05) is 19.2 Å². The van der Waals surface area contributed by atoms with E-state index in [1.807, 2.05) is 13.0 Å². The second-order valence-electron chi connectivity index (χ2n) is 8.55. The Hall–Kier alpha value is -3.13. The molecule has 0 spiro atoms. The zero-order valence-electron chi connectivity index (χ0n) is 18.0. The molecule has 1 saturated heterocycles. The highest BCUT2D eigenvalue weighted by atomic mass is 32.2. The Bertz CT molecular complexity index is 1320. The number of aryl methyl sites for hydroxylation is 1. The van der Waals surface area contributed by atoms with Crippen molar-refractivity contribution < 1.29 is 13.2 Å². The molecule has 3 heterocycles. The number of fused-ring (bicyclic) bond motifs is 1. The molecular weight excluding hydrogens is 424 g/mol. The van der Waals surface area contributed by atoms with Crippen LogP contribution in [0.25, 0.3) is 16.3 Å². The number of urea groups is 1. The summed E-state index contributed by atoms with van der Waals surface area (Å²) in [6.45, 7) is 2.98. The van der Waals surface area contributed by atoms with Crippen LogP contribution in [-0.2, 0) is 9.84 Å². The summed E-state index contributed by atoms with van der Waals surface area (Å²) >= 11 is 0. The Morgan fingerprint density at radius 1 is 1.16 bits per heavy atom. The number of hydrogen-bond donors (Lipinski definition) is 1. The first-order chi connectivity index (χ1) is 15.4. The average Bonchev–Trinajstić information content (AvgIpc) is 3.34. The van der Waals surface area contributed by atoms with Crippen LogP contribution in [0.1, 0.15) is 30.1 Å². The van der Waals surface area contributed by atoms with Gasteiger partial charge in [0.25, 0.3) is 0 Å². The Labute approximate surface area is 187 Å². The van der Waals surface area contributed by atoms with E-state index in [1.54, 1.807) is 15.6 Å². The van der Waals surface area contributed by atoms with Crippen LogP contribution < -0.4 is 5.32 Å². The number of aromatic nitrogens is 2. The zero-order valence-corrected chi connectivity index (χ0v) is 18.8. The number of anilines is 1. The topological polar surface area (TPSA) is 84.3 Å². The number of nitrogens with one attached hydrogen (secondary N) is 1. The number of hydrogen-bond acceptors (Lipinski definition) is 4. The smallest absolute Gasteiger partial charge is 0.320 e. The molecule has 2 aliphatic rings. The minimum atomic E-state index is -3.04. The lowest BCUT2D eigenvalue weighted by Gasteiger charge is -2.27. The predicted octanol–water partition coefficient (Wildman–Crippen LogP) is 4.03. The average molecular weight is 451 g/mol. The fourth-order valence-corrected chi connectivity index (χ4v) is 6.34. The SMILES string of the molecule is Cc1cc(NC(=O)N2CC=C(c3cccc4ccccc34)CC2)n(C2CCS(=O)(=O)C2)n1. The summed E-state index contributed by atoms with van der Waals surface area (Å²) in [5.41, 5.74) is 3.23. The fourth-order valence-electron chi connectivity index (χ4n) is 4.65. The fraction of sp³-hybridized carbons (Fsp3) is 0.333. The molecular formula is C24H26N4O3S. The van der Waals surface area contributed by atoms with Gasteiger partial charge in [-0.05, 0) is 41.7 Å². The highest BCUT2D eigenvalue weighted by Crippen LogP contribution is 2.30. The van der Waals surface area contributed by atoms with Crippen molar-refractivity contribution in [1.82, 2.24) is 14.7 Å². The van der Waals surface area contributed by atoms with Gasteiger partial charge in [-0.2, -0.15) is 5.10 Å². The van der Waals surface area contributed by atoms with Crippen molar-refractivity contribution >= 4 is 38.0 Å². The van der Waals surface area contributed by atoms with Crippen LogP contribution in [0.4, 0.5) is 10.6 Å². The van der Waals surface area contributed by atoms with E-state index >= 15 is 0 Å². The molecule has 32 heavy (non-hydrogen) atoms. The lowest BCUT2D eigenvalue weighted by molar-refractivity contribution is 0.216. The molecule has 3 aromatic rings. The highest BCUT2D eigenvalue weighted by molar-refractivity contribution is 7.91. The van der Waals surface area contributed by atoms with Crippen LogP contribution in [-0.4, -0.2) is 53.7 Å². The maximum Gasteiger partial charge on any atom is 0.323 e. The normalized spacial score (nSPS) is 20.3. The molecule has 2 amide bonds.